The van der Waals surface area contributed by atoms with Crippen LogP contribution in [0.4, 0.5) is 5.69 Å². The fourth-order valence-electron chi connectivity index (χ4n) is 3.68. The maximum atomic E-state index is 13.4. The largest absolute Gasteiger partial charge is 0.495 e. The van der Waals surface area contributed by atoms with E-state index in [1.807, 2.05) is 67.6 Å². The molecule has 1 N–H and O–H groups in total. The normalized spacial score (nSPS) is 11.1. The van der Waals surface area contributed by atoms with E-state index in [0.29, 0.717) is 33.4 Å². The predicted octanol–water partition coefficient (Wildman–Crippen LogP) is 5.56. The van der Waals surface area contributed by atoms with Crippen LogP contribution in [0.25, 0.3) is 16.6 Å². The summed E-state index contributed by atoms with van der Waals surface area (Å²) in [5, 5.41) is 3.90. The summed E-state index contributed by atoms with van der Waals surface area (Å²) >= 11 is 1.23. The number of anilines is 1. The number of nitrogens with one attached hydrogen (secondary N) is 1. The van der Waals surface area contributed by atoms with Gasteiger partial charge in [0.15, 0.2) is 5.16 Å². The summed E-state index contributed by atoms with van der Waals surface area (Å²) < 4.78 is 6.93. The Bertz CT molecular complexity index is 1390. The molecule has 4 aromatic rings. The van der Waals surface area contributed by atoms with E-state index in [0.717, 1.165) is 11.3 Å². The number of aromatic nitrogens is 2. The molecule has 0 radical (unpaired) electrons. The van der Waals surface area contributed by atoms with Gasteiger partial charge in [0.25, 0.3) is 5.56 Å². The SMILES string of the molecule is COc1ccc(C)cc1NC(=O)CSc1nc2ccccc2c(=O)n1-c1ccc(C(C)C)cc1. The van der Waals surface area contributed by atoms with Gasteiger partial charge in [-0.3, -0.25) is 14.2 Å². The third-order valence-corrected chi connectivity index (χ3v) is 6.46. The quantitative estimate of drug-likeness (QED) is 0.281. The summed E-state index contributed by atoms with van der Waals surface area (Å²) in [5.74, 6) is 0.857. The third kappa shape index (κ3) is 4.99. The minimum absolute atomic E-state index is 0.0892. The molecule has 1 heterocycles. The van der Waals surface area contributed by atoms with Gasteiger partial charge in [-0.05, 0) is 60.4 Å². The van der Waals surface area contributed by atoms with Crippen molar-refractivity contribution < 1.29 is 9.53 Å². The van der Waals surface area contributed by atoms with Crippen molar-refractivity contribution in [3.05, 3.63) is 88.2 Å². The first-order valence-electron chi connectivity index (χ1n) is 11.1. The lowest BCUT2D eigenvalue weighted by Crippen LogP contribution is -2.23. The maximum absolute atomic E-state index is 13.4. The number of methoxy groups -OCH3 is 1. The molecule has 0 bridgehead atoms. The van der Waals surface area contributed by atoms with Gasteiger partial charge in [-0.15, -0.1) is 0 Å². The average Bonchev–Trinajstić information content (AvgIpc) is 2.83. The van der Waals surface area contributed by atoms with Crippen LogP contribution in [-0.2, 0) is 4.79 Å². The molecular formula is C27H27N3O3S. The molecule has 0 aliphatic carbocycles. The summed E-state index contributed by atoms with van der Waals surface area (Å²) in [5.41, 5.74) is 3.97. The highest BCUT2D eigenvalue weighted by Gasteiger charge is 2.16. The number of hydrogen-bond donors (Lipinski definition) is 1. The number of rotatable bonds is 7. The number of thioether (sulfide) groups is 1. The first-order chi connectivity index (χ1) is 16.4. The van der Waals surface area contributed by atoms with E-state index in [9.17, 15) is 9.59 Å². The van der Waals surface area contributed by atoms with Crippen molar-refractivity contribution in [1.82, 2.24) is 9.55 Å². The summed E-state index contributed by atoms with van der Waals surface area (Å²) in [4.78, 5) is 30.9. The predicted molar refractivity (Wildman–Crippen MR) is 139 cm³/mol. The van der Waals surface area contributed by atoms with Gasteiger partial charge < -0.3 is 10.1 Å². The third-order valence-electron chi connectivity index (χ3n) is 5.52. The topological polar surface area (TPSA) is 73.2 Å². The zero-order valence-corrected chi connectivity index (χ0v) is 20.5. The summed E-state index contributed by atoms with van der Waals surface area (Å²) in [7, 11) is 1.57. The second-order valence-electron chi connectivity index (χ2n) is 8.34. The van der Waals surface area contributed by atoms with Gasteiger partial charge in [-0.2, -0.15) is 0 Å². The summed E-state index contributed by atoms with van der Waals surface area (Å²) in [6, 6.07) is 20.8. The molecule has 0 saturated carbocycles. The zero-order valence-electron chi connectivity index (χ0n) is 19.7. The second-order valence-corrected chi connectivity index (χ2v) is 9.28. The van der Waals surface area contributed by atoms with Crippen LogP contribution in [0, 0.1) is 6.92 Å². The molecule has 174 valence electrons. The fraction of sp³-hybridized carbons (Fsp3) is 0.222. The molecule has 34 heavy (non-hydrogen) atoms. The van der Waals surface area contributed by atoms with Crippen LogP contribution < -0.4 is 15.6 Å². The maximum Gasteiger partial charge on any atom is 0.266 e. The van der Waals surface area contributed by atoms with Gasteiger partial charge in [0.2, 0.25) is 5.91 Å². The molecule has 0 aliphatic rings. The molecule has 4 rings (SSSR count). The van der Waals surface area contributed by atoms with Crippen LogP contribution in [0.1, 0.15) is 30.9 Å². The number of nitrogens with zero attached hydrogens (tertiary/aromatic N) is 2. The minimum atomic E-state index is -0.210. The van der Waals surface area contributed by atoms with Crippen LogP contribution >= 0.6 is 11.8 Å². The Morgan fingerprint density at radius 1 is 1.09 bits per heavy atom. The van der Waals surface area contributed by atoms with Crippen LogP contribution in [0.2, 0.25) is 0 Å². The highest BCUT2D eigenvalue weighted by Crippen LogP contribution is 2.27. The number of amides is 1. The Balaban J connectivity index is 1.66. The number of carbonyl (C=O) groups is 1. The van der Waals surface area contributed by atoms with Gasteiger partial charge >= 0.3 is 0 Å². The van der Waals surface area contributed by atoms with E-state index in [1.165, 1.54) is 17.3 Å². The smallest absolute Gasteiger partial charge is 0.266 e. The van der Waals surface area contributed by atoms with E-state index in [4.69, 9.17) is 9.72 Å². The summed E-state index contributed by atoms with van der Waals surface area (Å²) in [6.45, 7) is 6.20. The second kappa shape index (κ2) is 10.1. The molecule has 0 spiro atoms. The van der Waals surface area contributed by atoms with Crippen molar-refractivity contribution >= 4 is 34.3 Å². The van der Waals surface area contributed by atoms with Crippen LogP contribution in [-0.4, -0.2) is 28.3 Å². The fourth-order valence-corrected chi connectivity index (χ4v) is 4.49. The molecule has 0 aliphatic heterocycles. The van der Waals surface area contributed by atoms with Gasteiger partial charge in [-0.1, -0.05) is 55.9 Å². The lowest BCUT2D eigenvalue weighted by Gasteiger charge is -2.15. The molecule has 0 saturated heterocycles. The zero-order chi connectivity index (χ0) is 24.2. The van der Waals surface area contributed by atoms with E-state index >= 15 is 0 Å². The Labute approximate surface area is 203 Å². The van der Waals surface area contributed by atoms with Crippen LogP contribution in [0.5, 0.6) is 5.75 Å². The lowest BCUT2D eigenvalue weighted by atomic mass is 10.0. The van der Waals surface area contributed by atoms with E-state index in [1.54, 1.807) is 17.7 Å². The highest BCUT2D eigenvalue weighted by molar-refractivity contribution is 7.99. The average molecular weight is 474 g/mol. The van der Waals surface area contributed by atoms with Crippen molar-refractivity contribution in [3.63, 3.8) is 0 Å². The van der Waals surface area contributed by atoms with E-state index in [-0.39, 0.29) is 17.2 Å². The Morgan fingerprint density at radius 2 is 1.82 bits per heavy atom. The number of ether oxygens (including phenoxy) is 1. The molecule has 7 heteroatoms. The monoisotopic (exact) mass is 473 g/mol. The Hall–Kier alpha value is -3.58. The van der Waals surface area contributed by atoms with Crippen molar-refractivity contribution in [3.8, 4) is 11.4 Å². The van der Waals surface area contributed by atoms with Crippen molar-refractivity contribution in [1.29, 1.82) is 0 Å². The molecule has 1 amide bonds. The molecule has 1 aromatic heterocycles. The highest BCUT2D eigenvalue weighted by atomic mass is 32.2. The first-order valence-corrected chi connectivity index (χ1v) is 12.1. The molecule has 0 unspecified atom stereocenters. The van der Waals surface area contributed by atoms with Gasteiger partial charge in [0, 0.05) is 0 Å². The molecule has 0 atom stereocenters. The number of aryl methyl sites for hydroxylation is 1. The Kier molecular flexibility index (Phi) is 7.03. The number of para-hydroxylation sites is 1. The van der Waals surface area contributed by atoms with Crippen molar-refractivity contribution in [2.24, 2.45) is 0 Å². The first kappa shape index (κ1) is 23.6. The van der Waals surface area contributed by atoms with Gasteiger partial charge in [0.1, 0.15) is 5.75 Å². The standard InChI is InChI=1S/C27H27N3O3S/c1-17(2)19-10-12-20(13-11-19)30-26(32)21-7-5-6-8-22(21)29-27(30)34-16-25(31)28-23-15-18(3)9-14-24(23)33-4/h5-15,17H,16H2,1-4H3,(H,28,31). The number of hydrogen-bond acceptors (Lipinski definition) is 5. The van der Waals surface area contributed by atoms with Gasteiger partial charge in [0.05, 0.1) is 35.1 Å². The van der Waals surface area contributed by atoms with E-state index in [2.05, 4.69) is 19.2 Å². The molecule has 0 fully saturated rings. The van der Waals surface area contributed by atoms with Crippen LogP contribution in [0.3, 0.4) is 0 Å². The van der Waals surface area contributed by atoms with Crippen molar-refractivity contribution in [2.45, 2.75) is 31.8 Å². The molecule has 6 nitrogen and oxygen atoms in total. The van der Waals surface area contributed by atoms with Crippen molar-refractivity contribution in [2.75, 3.05) is 18.2 Å². The molecular weight excluding hydrogens is 446 g/mol. The lowest BCUT2D eigenvalue weighted by molar-refractivity contribution is -0.113. The Morgan fingerprint density at radius 3 is 2.53 bits per heavy atom. The van der Waals surface area contributed by atoms with E-state index < -0.39 is 0 Å². The minimum Gasteiger partial charge on any atom is -0.495 e. The van der Waals surface area contributed by atoms with Gasteiger partial charge in [-0.25, -0.2) is 4.98 Å². The molecule has 3 aromatic carbocycles. The number of carbonyl (C=O) groups excluding carboxylic acids is 1. The number of fused-ring (bicyclic) bond motifs is 1. The summed E-state index contributed by atoms with van der Waals surface area (Å²) in [6.07, 6.45) is 0. The van der Waals surface area contributed by atoms with Crippen LogP contribution in [0.15, 0.2) is 76.7 Å². The number of benzene rings is 3.